The summed E-state index contributed by atoms with van der Waals surface area (Å²) in [5, 5.41) is 2.73. The number of anilines is 2. The van der Waals surface area contributed by atoms with Gasteiger partial charge in [0.1, 0.15) is 6.61 Å². The van der Waals surface area contributed by atoms with E-state index in [0.29, 0.717) is 22.9 Å². The van der Waals surface area contributed by atoms with E-state index in [2.05, 4.69) is 10.0 Å². The lowest BCUT2D eigenvalue weighted by molar-refractivity contribution is -0.125. The zero-order chi connectivity index (χ0) is 22.0. The molecule has 0 aliphatic carbocycles. The fourth-order valence-electron chi connectivity index (χ4n) is 3.14. The average Bonchev–Trinajstić information content (AvgIpc) is 2.76. The molecular formula is C23H22N2O5S. The van der Waals surface area contributed by atoms with Crippen molar-refractivity contribution in [1.29, 1.82) is 0 Å². The first kappa shape index (κ1) is 20.7. The summed E-state index contributed by atoms with van der Waals surface area (Å²) in [5.41, 5.74) is 2.78. The van der Waals surface area contributed by atoms with Crippen molar-refractivity contribution in [2.24, 2.45) is 0 Å². The zero-order valence-electron chi connectivity index (χ0n) is 17.1. The quantitative estimate of drug-likeness (QED) is 0.631. The van der Waals surface area contributed by atoms with Gasteiger partial charge in [0.05, 0.1) is 10.6 Å². The SMILES string of the molecule is Cc1ccc(C)c(NS(=O)(=O)c2ccc(NC(=O)[C@@H]3COc4ccccc4O3)cc2)c1. The summed E-state index contributed by atoms with van der Waals surface area (Å²) in [6.07, 6.45) is -0.802. The number of carbonyl (C=O) groups excluding carboxylic acids is 1. The number of carbonyl (C=O) groups is 1. The maximum absolute atomic E-state index is 12.7. The lowest BCUT2D eigenvalue weighted by atomic mass is 10.1. The summed E-state index contributed by atoms with van der Waals surface area (Å²) in [4.78, 5) is 12.6. The molecule has 0 spiro atoms. The molecule has 1 heterocycles. The third-order valence-electron chi connectivity index (χ3n) is 4.87. The van der Waals surface area contributed by atoms with Crippen LogP contribution in [0, 0.1) is 13.8 Å². The molecule has 0 saturated carbocycles. The number of hydrogen-bond acceptors (Lipinski definition) is 5. The second-order valence-corrected chi connectivity index (χ2v) is 8.98. The van der Waals surface area contributed by atoms with E-state index in [4.69, 9.17) is 9.47 Å². The first-order valence-electron chi connectivity index (χ1n) is 9.71. The normalized spacial score (nSPS) is 15.2. The number of hydrogen-bond donors (Lipinski definition) is 2. The fraction of sp³-hybridized carbons (Fsp3) is 0.174. The van der Waals surface area contributed by atoms with Crippen molar-refractivity contribution < 1.29 is 22.7 Å². The molecule has 2 N–H and O–H groups in total. The smallest absolute Gasteiger partial charge is 0.269 e. The van der Waals surface area contributed by atoms with Gasteiger partial charge in [0.15, 0.2) is 11.5 Å². The molecule has 0 radical (unpaired) electrons. The Bertz CT molecular complexity index is 1220. The molecule has 0 aromatic heterocycles. The monoisotopic (exact) mass is 438 g/mol. The summed E-state index contributed by atoms with van der Waals surface area (Å²) < 4.78 is 39.3. The van der Waals surface area contributed by atoms with Crippen molar-refractivity contribution in [2.45, 2.75) is 24.8 Å². The van der Waals surface area contributed by atoms with E-state index >= 15 is 0 Å². The van der Waals surface area contributed by atoms with Crippen LogP contribution in [0.25, 0.3) is 0 Å². The standard InChI is InChI=1S/C23H22N2O5S/c1-15-7-8-16(2)19(13-15)25-31(27,28)18-11-9-17(10-12-18)24-23(26)22-14-29-20-5-3-4-6-21(20)30-22/h3-13,22,25H,14H2,1-2H3,(H,24,26)/t22-/m0/s1. The predicted molar refractivity (Wildman–Crippen MR) is 118 cm³/mol. The van der Waals surface area contributed by atoms with Gasteiger partial charge in [-0.3, -0.25) is 9.52 Å². The Morgan fingerprint density at radius 1 is 0.968 bits per heavy atom. The highest BCUT2D eigenvalue weighted by molar-refractivity contribution is 7.92. The van der Waals surface area contributed by atoms with E-state index in [9.17, 15) is 13.2 Å². The van der Waals surface area contributed by atoms with Crippen LogP contribution in [0.15, 0.2) is 71.6 Å². The molecule has 3 aromatic rings. The van der Waals surface area contributed by atoms with Gasteiger partial charge in [-0.05, 0) is 67.4 Å². The van der Waals surface area contributed by atoms with Gasteiger partial charge in [-0.1, -0.05) is 24.3 Å². The fourth-order valence-corrected chi connectivity index (χ4v) is 4.26. The maximum Gasteiger partial charge on any atom is 0.269 e. The van der Waals surface area contributed by atoms with Crippen molar-refractivity contribution >= 4 is 27.3 Å². The summed E-state index contributed by atoms with van der Waals surface area (Å²) in [6, 6.07) is 18.7. The van der Waals surface area contributed by atoms with Crippen molar-refractivity contribution in [3.63, 3.8) is 0 Å². The molecule has 160 valence electrons. The van der Waals surface area contributed by atoms with Crippen LogP contribution >= 0.6 is 0 Å². The lowest BCUT2D eigenvalue weighted by Crippen LogP contribution is -2.40. The Labute approximate surface area is 181 Å². The lowest BCUT2D eigenvalue weighted by Gasteiger charge is -2.25. The van der Waals surface area contributed by atoms with Crippen LogP contribution in [0.2, 0.25) is 0 Å². The van der Waals surface area contributed by atoms with Crippen molar-refractivity contribution in [3.05, 3.63) is 77.9 Å². The van der Waals surface area contributed by atoms with Gasteiger partial charge in [-0.15, -0.1) is 0 Å². The van der Waals surface area contributed by atoms with Crippen LogP contribution in [-0.4, -0.2) is 27.0 Å². The first-order valence-corrected chi connectivity index (χ1v) is 11.2. The highest BCUT2D eigenvalue weighted by Gasteiger charge is 2.27. The van der Waals surface area contributed by atoms with Gasteiger partial charge in [-0.25, -0.2) is 8.42 Å². The Morgan fingerprint density at radius 2 is 1.68 bits per heavy atom. The molecule has 1 amide bonds. The van der Waals surface area contributed by atoms with Gasteiger partial charge >= 0.3 is 0 Å². The van der Waals surface area contributed by atoms with Gasteiger partial charge in [0, 0.05) is 5.69 Å². The van der Waals surface area contributed by atoms with E-state index in [-0.39, 0.29) is 17.4 Å². The predicted octanol–water partition coefficient (Wildman–Crippen LogP) is 3.88. The molecule has 0 saturated heterocycles. The van der Waals surface area contributed by atoms with Crippen LogP contribution in [0.4, 0.5) is 11.4 Å². The van der Waals surface area contributed by atoms with Gasteiger partial charge < -0.3 is 14.8 Å². The topological polar surface area (TPSA) is 93.7 Å². The summed E-state index contributed by atoms with van der Waals surface area (Å²) in [5.74, 6) is 0.726. The highest BCUT2D eigenvalue weighted by atomic mass is 32.2. The van der Waals surface area contributed by atoms with E-state index in [0.717, 1.165) is 11.1 Å². The van der Waals surface area contributed by atoms with E-state index in [1.165, 1.54) is 24.3 Å². The largest absolute Gasteiger partial charge is 0.485 e. The molecule has 1 atom stereocenters. The molecule has 4 rings (SSSR count). The Kier molecular flexibility index (Phi) is 5.56. The number of amides is 1. The number of rotatable bonds is 5. The summed E-state index contributed by atoms with van der Waals surface area (Å²) in [7, 11) is -3.76. The van der Waals surface area contributed by atoms with Crippen molar-refractivity contribution in [1.82, 2.24) is 0 Å². The summed E-state index contributed by atoms with van der Waals surface area (Å²) >= 11 is 0. The molecule has 3 aromatic carbocycles. The van der Waals surface area contributed by atoms with E-state index in [1.54, 1.807) is 24.3 Å². The Balaban J connectivity index is 1.43. The molecule has 8 heteroatoms. The van der Waals surface area contributed by atoms with E-state index < -0.39 is 16.1 Å². The average molecular weight is 439 g/mol. The van der Waals surface area contributed by atoms with Crippen LogP contribution in [0.5, 0.6) is 11.5 Å². The molecule has 7 nitrogen and oxygen atoms in total. The van der Waals surface area contributed by atoms with Crippen LogP contribution in [0.1, 0.15) is 11.1 Å². The highest BCUT2D eigenvalue weighted by Crippen LogP contribution is 2.31. The number of ether oxygens (including phenoxy) is 2. The van der Waals surface area contributed by atoms with Gasteiger partial charge in [0.2, 0.25) is 6.10 Å². The molecule has 31 heavy (non-hydrogen) atoms. The molecule has 0 fully saturated rings. The molecule has 1 aliphatic heterocycles. The number of nitrogens with one attached hydrogen (secondary N) is 2. The minimum absolute atomic E-state index is 0.0923. The van der Waals surface area contributed by atoms with Crippen LogP contribution < -0.4 is 19.5 Å². The van der Waals surface area contributed by atoms with Gasteiger partial charge in [0.25, 0.3) is 15.9 Å². The van der Waals surface area contributed by atoms with Crippen molar-refractivity contribution in [3.8, 4) is 11.5 Å². The first-order chi connectivity index (χ1) is 14.8. The van der Waals surface area contributed by atoms with Crippen LogP contribution in [0.3, 0.4) is 0 Å². The molecular weight excluding hydrogens is 416 g/mol. The number of fused-ring (bicyclic) bond motifs is 1. The second-order valence-electron chi connectivity index (χ2n) is 7.30. The Morgan fingerprint density at radius 3 is 2.42 bits per heavy atom. The molecule has 1 aliphatic rings. The third-order valence-corrected chi connectivity index (χ3v) is 6.25. The summed E-state index contributed by atoms with van der Waals surface area (Å²) in [6.45, 7) is 3.83. The minimum Gasteiger partial charge on any atom is -0.485 e. The zero-order valence-corrected chi connectivity index (χ0v) is 17.9. The van der Waals surface area contributed by atoms with E-state index in [1.807, 2.05) is 32.0 Å². The number of benzene rings is 3. The maximum atomic E-state index is 12.7. The second kappa shape index (κ2) is 8.31. The van der Waals surface area contributed by atoms with Gasteiger partial charge in [-0.2, -0.15) is 0 Å². The minimum atomic E-state index is -3.76. The Hall–Kier alpha value is -3.52. The third kappa shape index (κ3) is 4.64. The van der Waals surface area contributed by atoms with Crippen LogP contribution in [-0.2, 0) is 14.8 Å². The van der Waals surface area contributed by atoms with Crippen molar-refractivity contribution in [2.75, 3.05) is 16.6 Å². The molecule has 0 bridgehead atoms. The number of aryl methyl sites for hydroxylation is 2. The molecule has 0 unspecified atom stereocenters. The number of sulfonamides is 1. The number of para-hydroxylation sites is 2.